The molecule has 0 atom stereocenters. The topological polar surface area (TPSA) is 142 Å². The molecule has 688 valence electrons. The fourth-order valence-electron chi connectivity index (χ4n) is 20.9. The summed E-state index contributed by atoms with van der Waals surface area (Å²) in [5.74, 6) is 5.78. The molecule has 27 rings (SSSR count). The fraction of sp³-hybridized carbons (Fsp3) is 0.0444. The van der Waals surface area contributed by atoms with Crippen molar-refractivity contribution in [1.82, 2.24) is 54.8 Å². The van der Waals surface area contributed by atoms with Crippen LogP contribution in [-0.2, 0) is 10.8 Å². The minimum Gasteiger partial charge on any atom is -0.256 e. The van der Waals surface area contributed by atoms with Crippen LogP contribution >= 0.6 is 0 Å². The monoisotopic (exact) mass is 1870 g/mol. The standard InChI is InChI=1S/C51H39N3.C45H29N5.C39H25N3/c1-50(2)43-16-10-8-14-39(43)41-28-26-37(30-45(41)50)32-18-22-35(23-19-32)48-52-47(34-12-6-5-7-13-34)53-49(54-48)36-24-20-33(21-25-36)38-27-29-42-40-15-9-11-17-44(40)51(3,4)46(42)31-38;1-2-8-30(9-3-1)31-16-22-36(23-17-31)43-48-44(37-24-18-32(19-25-37)39-14-4-10-34-12-6-28-46-41(34)39)50-45(49-43)38-26-20-33(21-27-38)40-15-5-11-35-13-7-29-47-42(35)40;1-3-11-31-24-33(22-16-26(31)8-1)38-40-37(41-39(42-38)34-23-17-27-9-2-4-12-32(27)25-34)30-20-18-29(19-21-30)36-15-7-13-28-10-5-6-14-35(28)36/h5-31H,1-4H3;1-29H;1-25H. The lowest BCUT2D eigenvalue weighted by molar-refractivity contribution is 0.660. The van der Waals surface area contributed by atoms with E-state index in [1.54, 1.807) is 0 Å². The van der Waals surface area contributed by atoms with Crippen LogP contribution in [0.2, 0.25) is 0 Å². The van der Waals surface area contributed by atoms with Gasteiger partial charge in [0.05, 0.1) is 11.0 Å². The molecule has 0 aliphatic heterocycles. The van der Waals surface area contributed by atoms with Crippen molar-refractivity contribution in [3.05, 3.63) is 514 Å². The first-order chi connectivity index (χ1) is 71.8. The number of pyridine rings is 2. The lowest BCUT2D eigenvalue weighted by Gasteiger charge is -2.22. The van der Waals surface area contributed by atoms with E-state index in [2.05, 4.69) is 481 Å². The maximum atomic E-state index is 5.06. The van der Waals surface area contributed by atoms with Gasteiger partial charge in [-0.25, -0.2) is 44.9 Å². The van der Waals surface area contributed by atoms with Gasteiger partial charge in [0.1, 0.15) is 0 Å². The van der Waals surface area contributed by atoms with Gasteiger partial charge in [-0.05, 0) is 169 Å². The Morgan fingerprint density at radius 1 is 0.137 bits per heavy atom. The first-order valence-electron chi connectivity index (χ1n) is 49.5. The van der Waals surface area contributed by atoms with Gasteiger partial charge in [0.25, 0.3) is 0 Å². The van der Waals surface area contributed by atoms with E-state index >= 15 is 0 Å². The second-order valence-corrected chi connectivity index (χ2v) is 38.4. The van der Waals surface area contributed by atoms with Crippen LogP contribution in [0.5, 0.6) is 0 Å². The number of fused-ring (bicyclic) bond motifs is 11. The Kier molecular flexibility index (Phi) is 22.8. The second kappa shape index (κ2) is 37.6. The molecule has 2 aliphatic rings. The molecule has 11 heteroatoms. The highest BCUT2D eigenvalue weighted by atomic mass is 15.1. The van der Waals surface area contributed by atoms with Gasteiger partial charge in [-0.15, -0.1) is 0 Å². The van der Waals surface area contributed by atoms with Gasteiger partial charge in [0.15, 0.2) is 52.4 Å². The van der Waals surface area contributed by atoms with Gasteiger partial charge in [0.2, 0.25) is 0 Å². The zero-order valence-corrected chi connectivity index (χ0v) is 80.7. The molecular formula is C135H93N11. The first-order valence-corrected chi connectivity index (χ1v) is 49.5. The van der Waals surface area contributed by atoms with Crippen molar-refractivity contribution in [1.29, 1.82) is 0 Å². The zero-order valence-electron chi connectivity index (χ0n) is 80.7. The predicted molar refractivity (Wildman–Crippen MR) is 599 cm³/mol. The summed E-state index contributed by atoms with van der Waals surface area (Å²) in [6.45, 7) is 9.31. The summed E-state index contributed by atoms with van der Waals surface area (Å²) in [5.41, 5.74) is 35.0. The average molecular weight is 1870 g/mol. The third kappa shape index (κ3) is 17.0. The number of hydrogen-bond acceptors (Lipinski definition) is 11. The quantitative estimate of drug-likeness (QED) is 0.0968. The molecule has 2 aliphatic carbocycles. The largest absolute Gasteiger partial charge is 0.256 e. The molecule has 5 heterocycles. The Morgan fingerprint density at radius 3 is 0.767 bits per heavy atom. The minimum absolute atomic E-state index is 0.0418. The molecule has 0 saturated heterocycles. The van der Waals surface area contributed by atoms with E-state index in [1.165, 1.54) is 99.4 Å². The molecule has 0 unspecified atom stereocenters. The molecule has 0 radical (unpaired) electrons. The molecule has 5 aromatic heterocycles. The maximum Gasteiger partial charge on any atom is 0.164 e. The fourth-order valence-corrected chi connectivity index (χ4v) is 20.9. The number of benzene rings is 20. The number of rotatable bonds is 15. The average Bonchev–Trinajstić information content (AvgIpc) is 1.58. The van der Waals surface area contributed by atoms with Gasteiger partial charge in [-0.2, -0.15) is 0 Å². The second-order valence-electron chi connectivity index (χ2n) is 38.4. The number of hydrogen-bond donors (Lipinski definition) is 0. The number of nitrogens with zero attached hydrogens (tertiary/aromatic N) is 11. The van der Waals surface area contributed by atoms with Crippen LogP contribution in [-0.4, -0.2) is 54.8 Å². The number of para-hydroxylation sites is 2. The van der Waals surface area contributed by atoms with Crippen molar-refractivity contribution < 1.29 is 0 Å². The summed E-state index contributed by atoms with van der Waals surface area (Å²) in [4.78, 5) is 54.4. The van der Waals surface area contributed by atoms with Crippen LogP contribution in [0.3, 0.4) is 0 Å². The van der Waals surface area contributed by atoms with Crippen molar-refractivity contribution in [3.63, 3.8) is 0 Å². The lowest BCUT2D eigenvalue weighted by atomic mass is 9.81. The van der Waals surface area contributed by atoms with Crippen LogP contribution < -0.4 is 0 Å². The summed E-state index contributed by atoms with van der Waals surface area (Å²) in [6, 6.07) is 168. The smallest absolute Gasteiger partial charge is 0.164 e. The number of aromatic nitrogens is 11. The SMILES string of the molecule is CC1(C)c2ccccc2-c2ccc(-c3ccc(-c4nc(-c5ccccc5)nc(-c5ccc(-c6ccc7c(c6)C(C)(C)c6ccccc6-7)cc5)n4)cc3)cc21.c1ccc(-c2ccc(-c3nc(-c4ccc(-c5cccc6cccnc56)cc4)nc(-c4ccc(-c5cccc6cccnc56)cc4)n3)cc2)cc1.c1ccc2cc(-c3nc(-c4ccc(-c5cccc6ccccc56)cc4)nc(-c4ccc5ccccc5c4)n3)ccc2c1. The van der Waals surface area contributed by atoms with E-state index in [0.29, 0.717) is 52.4 Å². The summed E-state index contributed by atoms with van der Waals surface area (Å²) in [7, 11) is 0. The summed E-state index contributed by atoms with van der Waals surface area (Å²) >= 11 is 0. The van der Waals surface area contributed by atoms with Gasteiger partial charge in [-0.1, -0.05) is 471 Å². The molecule has 11 nitrogen and oxygen atoms in total. The molecule has 0 saturated carbocycles. The third-order valence-electron chi connectivity index (χ3n) is 28.7. The van der Waals surface area contributed by atoms with Crippen LogP contribution in [0.25, 0.3) is 246 Å². The molecule has 0 bridgehead atoms. The molecule has 0 fully saturated rings. The molecular weight excluding hydrogens is 1780 g/mol. The van der Waals surface area contributed by atoms with E-state index in [0.717, 1.165) is 116 Å². The third-order valence-corrected chi connectivity index (χ3v) is 28.7. The Morgan fingerprint density at radius 2 is 0.377 bits per heavy atom. The highest BCUT2D eigenvalue weighted by Gasteiger charge is 2.37. The predicted octanol–water partition coefficient (Wildman–Crippen LogP) is 33.8. The van der Waals surface area contributed by atoms with Crippen LogP contribution in [0.1, 0.15) is 49.9 Å². The van der Waals surface area contributed by atoms with E-state index < -0.39 is 0 Å². The first kappa shape index (κ1) is 88.5. The maximum absolute atomic E-state index is 5.06. The van der Waals surface area contributed by atoms with E-state index in [4.69, 9.17) is 44.9 Å². The molecule has 0 amide bonds. The highest BCUT2D eigenvalue weighted by Crippen LogP contribution is 2.52. The normalized spacial score (nSPS) is 12.4. The minimum atomic E-state index is -0.0418. The molecule has 146 heavy (non-hydrogen) atoms. The van der Waals surface area contributed by atoms with E-state index in [9.17, 15) is 0 Å². The van der Waals surface area contributed by atoms with Crippen molar-refractivity contribution in [2.24, 2.45) is 0 Å². The molecule has 0 spiro atoms. The lowest BCUT2D eigenvalue weighted by Crippen LogP contribution is -2.14. The molecule has 25 aromatic rings. The summed E-state index contributed by atoms with van der Waals surface area (Å²) in [5, 5.41) is 9.39. The Balaban J connectivity index is 0.000000115. The van der Waals surface area contributed by atoms with Crippen LogP contribution in [0.15, 0.2) is 492 Å². The van der Waals surface area contributed by atoms with Gasteiger partial charge >= 0.3 is 0 Å². The van der Waals surface area contributed by atoms with Gasteiger partial charge < -0.3 is 0 Å². The van der Waals surface area contributed by atoms with Gasteiger partial charge in [0, 0.05) is 95.2 Å². The summed E-state index contributed by atoms with van der Waals surface area (Å²) in [6.07, 6.45) is 3.68. The Bertz CT molecular complexity index is 8890. The van der Waals surface area contributed by atoms with Crippen molar-refractivity contribution in [2.75, 3.05) is 0 Å². The van der Waals surface area contributed by atoms with Crippen LogP contribution in [0.4, 0.5) is 0 Å². The van der Waals surface area contributed by atoms with Crippen molar-refractivity contribution in [2.45, 2.75) is 38.5 Å². The van der Waals surface area contributed by atoms with Gasteiger partial charge in [-0.3, -0.25) is 9.97 Å². The summed E-state index contributed by atoms with van der Waals surface area (Å²) < 4.78 is 0. The highest BCUT2D eigenvalue weighted by molar-refractivity contribution is 5.99. The van der Waals surface area contributed by atoms with Crippen molar-refractivity contribution in [3.8, 4) is 192 Å². The molecule has 0 N–H and O–H groups in total. The van der Waals surface area contributed by atoms with Crippen molar-refractivity contribution >= 4 is 54.1 Å². The Labute approximate surface area is 847 Å². The zero-order chi connectivity index (χ0) is 97.8. The van der Waals surface area contributed by atoms with Crippen LogP contribution in [0, 0.1) is 0 Å². The van der Waals surface area contributed by atoms with E-state index in [1.807, 2.05) is 48.8 Å². The Hall–Kier alpha value is -19.0. The molecule has 20 aromatic carbocycles. The van der Waals surface area contributed by atoms with E-state index in [-0.39, 0.29) is 10.8 Å².